The van der Waals surface area contributed by atoms with Crippen LogP contribution in [0, 0.1) is 6.92 Å². The van der Waals surface area contributed by atoms with E-state index in [1.807, 2.05) is 0 Å². The van der Waals surface area contributed by atoms with Gasteiger partial charge in [0.05, 0.1) is 0 Å². The summed E-state index contributed by atoms with van der Waals surface area (Å²) in [5.74, 6) is 0. The maximum absolute atomic E-state index is 2.36. The molecule has 1 aliphatic rings. The monoisotopic (exact) mass is 208 g/mol. The van der Waals surface area contributed by atoms with Crippen LogP contribution >= 0.6 is 0 Å². The maximum Gasteiger partial charge on any atom is -0.0106 e. The van der Waals surface area contributed by atoms with Gasteiger partial charge in [-0.05, 0) is 54.2 Å². The van der Waals surface area contributed by atoms with Crippen LogP contribution in [0.25, 0.3) is 16.8 Å². The summed E-state index contributed by atoms with van der Waals surface area (Å²) in [6.07, 6.45) is 4.77. The molecule has 0 radical (unpaired) electrons. The van der Waals surface area contributed by atoms with Gasteiger partial charge in [-0.2, -0.15) is 0 Å². The van der Waals surface area contributed by atoms with Crippen molar-refractivity contribution in [3.05, 3.63) is 52.6 Å². The average Bonchev–Trinajstić information content (AvgIpc) is 2.31. The van der Waals surface area contributed by atoms with E-state index in [1.165, 1.54) is 45.9 Å². The minimum absolute atomic E-state index is 1.20. The first-order valence-electron chi connectivity index (χ1n) is 5.94. The summed E-state index contributed by atoms with van der Waals surface area (Å²) >= 11 is 0. The topological polar surface area (TPSA) is 0 Å². The Morgan fingerprint density at radius 3 is 2.50 bits per heavy atom. The molecule has 3 rings (SSSR count). The summed E-state index contributed by atoms with van der Waals surface area (Å²) in [5.41, 5.74) is 5.87. The molecule has 16 heavy (non-hydrogen) atoms. The highest BCUT2D eigenvalue weighted by Gasteiger charge is 2.12. The van der Waals surface area contributed by atoms with Crippen molar-refractivity contribution in [3.63, 3.8) is 0 Å². The first kappa shape index (κ1) is 9.65. The fraction of sp³-hybridized carbons (Fsp3) is 0.250. The van der Waals surface area contributed by atoms with Crippen molar-refractivity contribution in [3.8, 4) is 0 Å². The average molecular weight is 208 g/mol. The van der Waals surface area contributed by atoms with Gasteiger partial charge in [0.25, 0.3) is 0 Å². The molecule has 0 saturated heterocycles. The van der Waals surface area contributed by atoms with E-state index in [4.69, 9.17) is 0 Å². The molecule has 0 unspecified atom stereocenters. The second kappa shape index (κ2) is 3.48. The summed E-state index contributed by atoms with van der Waals surface area (Å²) in [4.78, 5) is 0. The van der Waals surface area contributed by atoms with E-state index in [2.05, 4.69) is 50.3 Å². The molecular weight excluding hydrogens is 192 g/mol. The third-order valence-corrected chi connectivity index (χ3v) is 3.56. The Morgan fingerprint density at radius 2 is 1.69 bits per heavy atom. The normalized spacial score (nSPS) is 14.8. The molecule has 0 N–H and O–H groups in total. The molecule has 1 aliphatic carbocycles. The highest BCUT2D eigenvalue weighted by molar-refractivity contribution is 5.94. The zero-order valence-electron chi connectivity index (χ0n) is 9.88. The summed E-state index contributed by atoms with van der Waals surface area (Å²) in [7, 11) is 0. The lowest BCUT2D eigenvalue weighted by atomic mass is 9.87. The smallest absolute Gasteiger partial charge is 0.0106 e. The van der Waals surface area contributed by atoms with Gasteiger partial charge < -0.3 is 0 Å². The van der Waals surface area contributed by atoms with Gasteiger partial charge in [0, 0.05) is 0 Å². The Kier molecular flexibility index (Phi) is 2.10. The molecule has 0 atom stereocenters. The molecule has 2 aromatic rings. The molecular formula is C16H16. The maximum atomic E-state index is 2.36. The zero-order valence-corrected chi connectivity index (χ0v) is 9.88. The molecule has 0 amide bonds. The summed E-state index contributed by atoms with van der Waals surface area (Å²) in [6, 6.07) is 11.1. The molecule has 0 aliphatic heterocycles. The predicted molar refractivity (Wildman–Crippen MR) is 70.7 cm³/mol. The lowest BCUT2D eigenvalue weighted by molar-refractivity contribution is 0.929. The largest absolute Gasteiger partial charge is 0.0724 e. The van der Waals surface area contributed by atoms with Crippen molar-refractivity contribution in [2.75, 3.05) is 0 Å². The van der Waals surface area contributed by atoms with Gasteiger partial charge in [0.15, 0.2) is 0 Å². The fourth-order valence-electron chi connectivity index (χ4n) is 2.68. The predicted octanol–water partition coefficient (Wildman–Crippen LogP) is 4.50. The second-order valence-electron chi connectivity index (χ2n) is 4.80. The lowest BCUT2D eigenvalue weighted by Crippen LogP contribution is -1.99. The van der Waals surface area contributed by atoms with E-state index in [1.54, 1.807) is 0 Å². The molecule has 0 fully saturated rings. The number of benzene rings is 2. The van der Waals surface area contributed by atoms with Crippen LogP contribution in [0.5, 0.6) is 0 Å². The Balaban J connectivity index is 2.43. The number of hydrogen-bond acceptors (Lipinski definition) is 0. The van der Waals surface area contributed by atoms with Gasteiger partial charge in [0.1, 0.15) is 0 Å². The first-order valence-corrected chi connectivity index (χ1v) is 5.94. The van der Waals surface area contributed by atoms with Crippen LogP contribution in [-0.4, -0.2) is 0 Å². The Morgan fingerprint density at radius 1 is 0.938 bits per heavy atom. The van der Waals surface area contributed by atoms with Crippen molar-refractivity contribution in [2.45, 2.75) is 26.7 Å². The van der Waals surface area contributed by atoms with Gasteiger partial charge >= 0.3 is 0 Å². The van der Waals surface area contributed by atoms with Gasteiger partial charge in [-0.25, -0.2) is 0 Å². The first-order chi connectivity index (χ1) is 7.75. The van der Waals surface area contributed by atoms with Crippen molar-refractivity contribution in [1.82, 2.24) is 0 Å². The summed E-state index contributed by atoms with van der Waals surface area (Å²) < 4.78 is 0. The molecule has 0 aromatic heterocycles. The van der Waals surface area contributed by atoms with Crippen molar-refractivity contribution in [2.24, 2.45) is 0 Å². The van der Waals surface area contributed by atoms with Crippen LogP contribution in [0.2, 0.25) is 0 Å². The molecule has 0 nitrogen and oxygen atoms in total. The molecule has 0 spiro atoms. The fourth-order valence-corrected chi connectivity index (χ4v) is 2.68. The third-order valence-electron chi connectivity index (χ3n) is 3.56. The number of rotatable bonds is 0. The van der Waals surface area contributed by atoms with E-state index < -0.39 is 0 Å². The molecule has 80 valence electrons. The zero-order chi connectivity index (χ0) is 11.1. The number of aryl methyl sites for hydroxylation is 2. The van der Waals surface area contributed by atoms with Crippen molar-refractivity contribution < 1.29 is 0 Å². The summed E-state index contributed by atoms with van der Waals surface area (Å²) in [5, 5.41) is 2.81. The molecule has 0 heteroatoms. The Labute approximate surface area is 96.6 Å². The van der Waals surface area contributed by atoms with Gasteiger partial charge in [-0.15, -0.1) is 0 Å². The summed E-state index contributed by atoms with van der Waals surface area (Å²) in [6.45, 7) is 4.45. The highest BCUT2D eigenvalue weighted by atomic mass is 14.2. The standard InChI is InChI=1S/C16H16/c1-11-7-8-13-10-12(2)14-5-3-4-6-15(14)16(13)9-11/h3-6,9-10H,7-8H2,1-2H3. The van der Waals surface area contributed by atoms with Crippen LogP contribution in [0.1, 0.15) is 30.0 Å². The molecule has 2 aromatic carbocycles. The van der Waals surface area contributed by atoms with Gasteiger partial charge in [-0.1, -0.05) is 42.0 Å². The lowest BCUT2D eigenvalue weighted by Gasteiger charge is -2.17. The number of fused-ring (bicyclic) bond motifs is 3. The Bertz CT molecular complexity index is 588. The third kappa shape index (κ3) is 1.37. The highest BCUT2D eigenvalue weighted by Crippen LogP contribution is 2.32. The van der Waals surface area contributed by atoms with Crippen LogP contribution in [0.4, 0.5) is 0 Å². The number of hydrogen-bond donors (Lipinski definition) is 0. The minimum Gasteiger partial charge on any atom is -0.0724 e. The molecule has 0 saturated carbocycles. The van der Waals surface area contributed by atoms with E-state index >= 15 is 0 Å². The van der Waals surface area contributed by atoms with Crippen molar-refractivity contribution in [1.29, 1.82) is 0 Å². The number of allylic oxidation sites excluding steroid dienone is 1. The van der Waals surface area contributed by atoms with E-state index in [0.717, 1.165) is 0 Å². The van der Waals surface area contributed by atoms with E-state index in [9.17, 15) is 0 Å². The second-order valence-corrected chi connectivity index (χ2v) is 4.80. The van der Waals surface area contributed by atoms with Crippen LogP contribution in [-0.2, 0) is 6.42 Å². The van der Waals surface area contributed by atoms with Crippen molar-refractivity contribution >= 4 is 16.8 Å². The molecule has 0 bridgehead atoms. The van der Waals surface area contributed by atoms with Gasteiger partial charge in [0.2, 0.25) is 0 Å². The van der Waals surface area contributed by atoms with Gasteiger partial charge in [-0.3, -0.25) is 0 Å². The van der Waals surface area contributed by atoms with Crippen LogP contribution in [0.3, 0.4) is 0 Å². The van der Waals surface area contributed by atoms with Crippen LogP contribution < -0.4 is 0 Å². The van der Waals surface area contributed by atoms with Crippen LogP contribution in [0.15, 0.2) is 35.9 Å². The van der Waals surface area contributed by atoms with E-state index in [0.29, 0.717) is 0 Å². The SMILES string of the molecule is CC1=Cc2c(cc(C)c3ccccc23)CC1. The minimum atomic E-state index is 1.20. The molecule has 0 heterocycles. The quantitative estimate of drug-likeness (QED) is 0.598. The van der Waals surface area contributed by atoms with E-state index in [-0.39, 0.29) is 0 Å². The Hall–Kier alpha value is -1.56.